The van der Waals surface area contributed by atoms with Crippen LogP contribution in [0.3, 0.4) is 0 Å². The summed E-state index contributed by atoms with van der Waals surface area (Å²) >= 11 is 0. The van der Waals surface area contributed by atoms with E-state index in [0.717, 1.165) is 30.6 Å². The Morgan fingerprint density at radius 2 is 2.00 bits per heavy atom. The average Bonchev–Trinajstić information content (AvgIpc) is 3.04. The normalized spacial score (nSPS) is 20.9. The zero-order chi connectivity index (χ0) is 16.8. The molecule has 0 radical (unpaired) electrons. The Morgan fingerprint density at radius 1 is 1.21 bits per heavy atom. The van der Waals surface area contributed by atoms with Gasteiger partial charge in [0.2, 0.25) is 0 Å². The molecule has 24 heavy (non-hydrogen) atoms. The summed E-state index contributed by atoms with van der Waals surface area (Å²) in [5.41, 5.74) is 0.993. The highest BCUT2D eigenvalue weighted by Crippen LogP contribution is 2.21. The maximum Gasteiger partial charge on any atom is 0.407 e. The van der Waals surface area contributed by atoms with Crippen molar-refractivity contribution >= 4 is 6.09 Å². The van der Waals surface area contributed by atoms with Gasteiger partial charge in [0, 0.05) is 24.5 Å². The van der Waals surface area contributed by atoms with E-state index in [9.17, 15) is 4.79 Å². The van der Waals surface area contributed by atoms with Crippen LogP contribution in [0.15, 0.2) is 53.1 Å². The summed E-state index contributed by atoms with van der Waals surface area (Å²) in [5.74, 6) is 0.994. The second kappa shape index (κ2) is 8.02. The molecule has 1 aromatic heterocycles. The van der Waals surface area contributed by atoms with E-state index < -0.39 is 0 Å². The smallest absolute Gasteiger partial charge is 0.407 e. The lowest BCUT2D eigenvalue weighted by molar-refractivity contribution is 0.124. The number of rotatable bonds is 7. The number of carbonyl (C=O) groups is 1. The first-order valence-corrected chi connectivity index (χ1v) is 8.44. The van der Waals surface area contributed by atoms with Crippen LogP contribution < -0.4 is 10.6 Å². The van der Waals surface area contributed by atoms with Crippen molar-refractivity contribution in [1.29, 1.82) is 0 Å². The summed E-state index contributed by atoms with van der Waals surface area (Å²) in [6, 6.07) is 14.6. The minimum Gasteiger partial charge on any atom is -0.469 e. The zero-order valence-electron chi connectivity index (χ0n) is 13.9. The Kier molecular flexibility index (Phi) is 5.54. The molecule has 2 N–H and O–H groups in total. The molecule has 3 rings (SSSR count). The van der Waals surface area contributed by atoms with E-state index in [2.05, 4.69) is 17.6 Å². The summed E-state index contributed by atoms with van der Waals surface area (Å²) in [5, 5.41) is 6.48. The number of ether oxygens (including phenoxy) is 1. The van der Waals surface area contributed by atoms with Crippen LogP contribution in [-0.2, 0) is 17.8 Å². The van der Waals surface area contributed by atoms with Gasteiger partial charge in [-0.15, -0.1) is 0 Å². The van der Waals surface area contributed by atoms with E-state index in [1.165, 1.54) is 0 Å². The fraction of sp³-hybridized carbons (Fsp3) is 0.421. The summed E-state index contributed by atoms with van der Waals surface area (Å²) in [6.07, 6.45) is 4.10. The van der Waals surface area contributed by atoms with E-state index in [-0.39, 0.29) is 12.1 Å². The molecule has 1 aliphatic carbocycles. The standard InChI is InChI=1S/C19H24N2O3/c1-14(10-18-8-5-9-23-18)20-16-11-17(12-16)21-19(22)24-13-15-6-3-2-4-7-15/h2-9,14,16-17,20H,10-13H2,1H3,(H,21,22). The van der Waals surface area contributed by atoms with E-state index in [0.29, 0.717) is 18.7 Å². The molecule has 128 valence electrons. The van der Waals surface area contributed by atoms with Gasteiger partial charge in [0.05, 0.1) is 6.26 Å². The second-order valence-corrected chi connectivity index (χ2v) is 6.42. The maximum absolute atomic E-state index is 11.8. The third-order valence-corrected chi connectivity index (χ3v) is 4.28. The molecular weight excluding hydrogens is 304 g/mol. The van der Waals surface area contributed by atoms with Crippen molar-refractivity contribution in [1.82, 2.24) is 10.6 Å². The van der Waals surface area contributed by atoms with Crippen molar-refractivity contribution in [3.05, 3.63) is 60.1 Å². The molecule has 0 saturated heterocycles. The lowest BCUT2D eigenvalue weighted by atomic mass is 9.86. The maximum atomic E-state index is 11.8. The van der Waals surface area contributed by atoms with Crippen molar-refractivity contribution in [2.24, 2.45) is 0 Å². The largest absolute Gasteiger partial charge is 0.469 e. The second-order valence-electron chi connectivity index (χ2n) is 6.42. The van der Waals surface area contributed by atoms with Crippen LogP contribution in [0.25, 0.3) is 0 Å². The van der Waals surface area contributed by atoms with Crippen molar-refractivity contribution in [2.45, 2.75) is 50.9 Å². The fourth-order valence-electron chi connectivity index (χ4n) is 3.00. The molecule has 1 atom stereocenters. The molecule has 1 fully saturated rings. The molecule has 5 nitrogen and oxygen atoms in total. The van der Waals surface area contributed by atoms with Crippen LogP contribution in [0.2, 0.25) is 0 Å². The minimum absolute atomic E-state index is 0.196. The van der Waals surface area contributed by atoms with Gasteiger partial charge in [-0.3, -0.25) is 0 Å². The Balaban J connectivity index is 1.29. The highest BCUT2D eigenvalue weighted by atomic mass is 16.5. The lowest BCUT2D eigenvalue weighted by Crippen LogP contribution is -2.54. The molecule has 1 unspecified atom stereocenters. The highest BCUT2D eigenvalue weighted by molar-refractivity contribution is 5.67. The molecule has 1 amide bonds. The van der Waals surface area contributed by atoms with Gasteiger partial charge < -0.3 is 19.8 Å². The summed E-state index contributed by atoms with van der Waals surface area (Å²) in [7, 11) is 0. The van der Waals surface area contributed by atoms with Gasteiger partial charge in [0.15, 0.2) is 0 Å². The molecule has 2 aromatic rings. The SMILES string of the molecule is CC(Cc1ccco1)NC1CC(NC(=O)OCc2ccccc2)C1. The van der Waals surface area contributed by atoms with Gasteiger partial charge >= 0.3 is 6.09 Å². The summed E-state index contributed by atoms with van der Waals surface area (Å²) < 4.78 is 10.6. The molecule has 1 heterocycles. The topological polar surface area (TPSA) is 63.5 Å². The third kappa shape index (κ3) is 4.86. The van der Waals surface area contributed by atoms with Crippen molar-refractivity contribution in [3.63, 3.8) is 0 Å². The predicted molar refractivity (Wildman–Crippen MR) is 91.6 cm³/mol. The number of alkyl carbamates (subject to hydrolysis) is 1. The van der Waals surface area contributed by atoms with Gasteiger partial charge in [-0.2, -0.15) is 0 Å². The Hall–Kier alpha value is -2.27. The molecule has 0 aliphatic heterocycles. The van der Waals surface area contributed by atoms with Crippen molar-refractivity contribution in [2.75, 3.05) is 0 Å². The number of carbonyl (C=O) groups excluding carboxylic acids is 1. The molecule has 5 heteroatoms. The van der Waals surface area contributed by atoms with Crippen LogP contribution in [0.5, 0.6) is 0 Å². The molecular formula is C19H24N2O3. The monoisotopic (exact) mass is 328 g/mol. The zero-order valence-corrected chi connectivity index (χ0v) is 13.9. The Labute approximate surface area is 142 Å². The number of furan rings is 1. The molecule has 0 bridgehead atoms. The molecule has 1 aromatic carbocycles. The quantitative estimate of drug-likeness (QED) is 0.819. The average molecular weight is 328 g/mol. The van der Waals surface area contributed by atoms with Crippen molar-refractivity contribution in [3.8, 4) is 0 Å². The van der Waals surface area contributed by atoms with Crippen LogP contribution in [0.1, 0.15) is 31.1 Å². The van der Waals surface area contributed by atoms with E-state index in [1.54, 1.807) is 6.26 Å². The first kappa shape index (κ1) is 16.6. The Bertz CT molecular complexity index is 621. The summed E-state index contributed by atoms with van der Waals surface area (Å²) in [6.45, 7) is 2.46. The van der Waals surface area contributed by atoms with Crippen molar-refractivity contribution < 1.29 is 13.9 Å². The highest BCUT2D eigenvalue weighted by Gasteiger charge is 2.31. The fourth-order valence-corrected chi connectivity index (χ4v) is 3.00. The first-order valence-electron chi connectivity index (χ1n) is 8.44. The van der Waals surface area contributed by atoms with Gasteiger partial charge in [-0.1, -0.05) is 30.3 Å². The van der Waals surface area contributed by atoms with Crippen LogP contribution in [0, 0.1) is 0 Å². The van der Waals surface area contributed by atoms with Crippen LogP contribution in [0.4, 0.5) is 4.79 Å². The van der Waals surface area contributed by atoms with E-state index in [1.807, 2.05) is 42.5 Å². The molecule has 0 spiro atoms. The van der Waals surface area contributed by atoms with Crippen LogP contribution >= 0.6 is 0 Å². The number of amides is 1. The number of hydrogen-bond donors (Lipinski definition) is 2. The first-order chi connectivity index (χ1) is 11.7. The minimum atomic E-state index is -0.342. The van der Waals surface area contributed by atoms with Gasteiger partial charge in [-0.05, 0) is 37.5 Å². The van der Waals surface area contributed by atoms with Gasteiger partial charge in [-0.25, -0.2) is 4.79 Å². The predicted octanol–water partition coefficient (Wildman–Crippen LogP) is 3.26. The lowest BCUT2D eigenvalue weighted by Gasteiger charge is -2.37. The molecule has 1 saturated carbocycles. The van der Waals surface area contributed by atoms with E-state index in [4.69, 9.17) is 9.15 Å². The molecule has 1 aliphatic rings. The third-order valence-electron chi connectivity index (χ3n) is 4.28. The summed E-state index contributed by atoms with van der Waals surface area (Å²) in [4.78, 5) is 11.8. The van der Waals surface area contributed by atoms with Crippen LogP contribution in [-0.4, -0.2) is 24.2 Å². The number of hydrogen-bond acceptors (Lipinski definition) is 4. The van der Waals surface area contributed by atoms with Gasteiger partial charge in [0.1, 0.15) is 12.4 Å². The Morgan fingerprint density at radius 3 is 2.71 bits per heavy atom. The van der Waals surface area contributed by atoms with Gasteiger partial charge in [0.25, 0.3) is 0 Å². The van der Waals surface area contributed by atoms with E-state index >= 15 is 0 Å². The number of nitrogens with one attached hydrogen (secondary N) is 2. The number of benzene rings is 1.